The second-order valence-electron chi connectivity index (χ2n) is 5.92. The molecule has 2 N–H and O–H groups in total. The third kappa shape index (κ3) is 4.62. The maximum absolute atomic E-state index is 12.2. The SMILES string of the molecule is Cc1ccccc1Nc1nnc(SCC(=O)Nc2c(C)cccc2C)s1. The van der Waals surface area contributed by atoms with Gasteiger partial charge in [0.15, 0.2) is 4.34 Å². The van der Waals surface area contributed by atoms with E-state index in [0.717, 1.165) is 37.5 Å². The van der Waals surface area contributed by atoms with E-state index >= 15 is 0 Å². The minimum absolute atomic E-state index is 0.0454. The van der Waals surface area contributed by atoms with Gasteiger partial charge >= 0.3 is 0 Å². The normalized spacial score (nSPS) is 10.6. The average molecular weight is 385 g/mol. The van der Waals surface area contributed by atoms with Crippen LogP contribution in [0.2, 0.25) is 0 Å². The first-order valence-electron chi connectivity index (χ1n) is 8.18. The molecule has 5 nitrogen and oxygen atoms in total. The fraction of sp³-hybridized carbons (Fsp3) is 0.211. The van der Waals surface area contributed by atoms with Gasteiger partial charge in [-0.3, -0.25) is 4.79 Å². The highest BCUT2D eigenvalue weighted by molar-refractivity contribution is 8.01. The summed E-state index contributed by atoms with van der Waals surface area (Å²) in [5.41, 5.74) is 5.16. The van der Waals surface area contributed by atoms with Crippen LogP contribution in [0.25, 0.3) is 0 Å². The van der Waals surface area contributed by atoms with Crippen molar-refractivity contribution >= 4 is 45.5 Å². The lowest BCUT2D eigenvalue weighted by molar-refractivity contribution is -0.113. The van der Waals surface area contributed by atoms with Crippen LogP contribution in [0.1, 0.15) is 16.7 Å². The fourth-order valence-electron chi connectivity index (χ4n) is 2.46. The number of anilines is 3. The Morgan fingerprint density at radius 3 is 2.42 bits per heavy atom. The Morgan fingerprint density at radius 1 is 1.00 bits per heavy atom. The Bertz CT molecular complexity index is 903. The number of para-hydroxylation sites is 2. The van der Waals surface area contributed by atoms with Crippen LogP contribution >= 0.6 is 23.1 Å². The largest absolute Gasteiger partial charge is 0.330 e. The molecule has 0 saturated carbocycles. The van der Waals surface area contributed by atoms with Crippen molar-refractivity contribution in [2.75, 3.05) is 16.4 Å². The maximum atomic E-state index is 12.2. The predicted octanol–water partition coefficient (Wildman–Crippen LogP) is 4.94. The lowest BCUT2D eigenvalue weighted by Crippen LogP contribution is -2.15. The summed E-state index contributed by atoms with van der Waals surface area (Å²) in [6, 6.07) is 14.0. The van der Waals surface area contributed by atoms with Gasteiger partial charge in [0.2, 0.25) is 11.0 Å². The Hall–Kier alpha value is -2.38. The molecule has 7 heteroatoms. The van der Waals surface area contributed by atoms with Crippen molar-refractivity contribution in [1.29, 1.82) is 0 Å². The number of nitrogens with zero attached hydrogens (tertiary/aromatic N) is 2. The van der Waals surface area contributed by atoms with Crippen molar-refractivity contribution in [2.24, 2.45) is 0 Å². The van der Waals surface area contributed by atoms with Crippen molar-refractivity contribution < 1.29 is 4.79 Å². The van der Waals surface area contributed by atoms with Crippen molar-refractivity contribution in [2.45, 2.75) is 25.1 Å². The Labute approximate surface area is 161 Å². The quantitative estimate of drug-likeness (QED) is 0.589. The minimum atomic E-state index is -0.0454. The Morgan fingerprint density at radius 2 is 1.69 bits per heavy atom. The van der Waals surface area contributed by atoms with E-state index in [1.54, 1.807) is 0 Å². The molecule has 0 fully saturated rings. The molecule has 1 aromatic heterocycles. The van der Waals surface area contributed by atoms with Crippen LogP contribution in [0.4, 0.5) is 16.5 Å². The van der Waals surface area contributed by atoms with Crippen molar-refractivity contribution in [3.63, 3.8) is 0 Å². The van der Waals surface area contributed by atoms with E-state index in [-0.39, 0.29) is 5.91 Å². The van der Waals surface area contributed by atoms with Crippen molar-refractivity contribution in [3.8, 4) is 0 Å². The number of hydrogen-bond donors (Lipinski definition) is 2. The van der Waals surface area contributed by atoms with Crippen LogP contribution in [0.15, 0.2) is 46.8 Å². The van der Waals surface area contributed by atoms with Gasteiger partial charge in [-0.2, -0.15) is 0 Å². The van der Waals surface area contributed by atoms with Gasteiger partial charge in [-0.05, 0) is 43.5 Å². The number of aromatic nitrogens is 2. The number of amides is 1. The summed E-state index contributed by atoms with van der Waals surface area (Å²) in [5, 5.41) is 15.3. The zero-order valence-electron chi connectivity index (χ0n) is 14.9. The van der Waals surface area contributed by atoms with Gasteiger partial charge in [-0.1, -0.05) is 59.5 Å². The van der Waals surface area contributed by atoms with E-state index in [1.165, 1.54) is 23.1 Å². The molecule has 0 radical (unpaired) electrons. The van der Waals surface area contributed by atoms with Crippen LogP contribution in [0.3, 0.4) is 0 Å². The highest BCUT2D eigenvalue weighted by atomic mass is 32.2. The van der Waals surface area contributed by atoms with Gasteiger partial charge in [0.1, 0.15) is 0 Å². The monoisotopic (exact) mass is 384 g/mol. The number of rotatable bonds is 6. The second kappa shape index (κ2) is 8.33. The van der Waals surface area contributed by atoms with E-state index in [1.807, 2.05) is 63.2 Å². The van der Waals surface area contributed by atoms with Crippen molar-refractivity contribution in [3.05, 3.63) is 59.2 Å². The van der Waals surface area contributed by atoms with E-state index < -0.39 is 0 Å². The molecule has 0 aliphatic rings. The third-order valence-corrected chi connectivity index (χ3v) is 5.84. The lowest BCUT2D eigenvalue weighted by atomic mass is 10.1. The van der Waals surface area contributed by atoms with Gasteiger partial charge in [0, 0.05) is 11.4 Å². The molecule has 0 unspecified atom stereocenters. The smallest absolute Gasteiger partial charge is 0.234 e. The molecular formula is C19H20N4OS2. The number of thioether (sulfide) groups is 1. The zero-order chi connectivity index (χ0) is 18.5. The number of carbonyl (C=O) groups is 1. The summed E-state index contributed by atoms with van der Waals surface area (Å²) in [4.78, 5) is 12.2. The van der Waals surface area contributed by atoms with E-state index in [9.17, 15) is 4.79 Å². The molecule has 1 heterocycles. The lowest BCUT2D eigenvalue weighted by Gasteiger charge is -2.10. The Kier molecular flexibility index (Phi) is 5.90. The van der Waals surface area contributed by atoms with Gasteiger partial charge in [-0.15, -0.1) is 10.2 Å². The molecule has 1 amide bonds. The average Bonchev–Trinajstić information content (AvgIpc) is 3.06. The van der Waals surface area contributed by atoms with E-state index in [2.05, 4.69) is 20.8 Å². The topological polar surface area (TPSA) is 66.9 Å². The zero-order valence-corrected chi connectivity index (χ0v) is 16.5. The minimum Gasteiger partial charge on any atom is -0.330 e. The molecule has 134 valence electrons. The summed E-state index contributed by atoms with van der Waals surface area (Å²) in [6.45, 7) is 6.02. The Balaban J connectivity index is 1.56. The third-order valence-electron chi connectivity index (χ3n) is 3.87. The molecule has 0 spiro atoms. The van der Waals surface area contributed by atoms with Gasteiger partial charge in [0.25, 0.3) is 0 Å². The molecule has 0 saturated heterocycles. The summed E-state index contributed by atoms with van der Waals surface area (Å²) in [5.74, 6) is 0.253. The highest BCUT2D eigenvalue weighted by Crippen LogP contribution is 2.29. The molecular weight excluding hydrogens is 364 g/mol. The molecule has 2 aromatic carbocycles. The van der Waals surface area contributed by atoms with Crippen LogP contribution in [0.5, 0.6) is 0 Å². The summed E-state index contributed by atoms with van der Waals surface area (Å²) < 4.78 is 0.762. The second-order valence-corrected chi connectivity index (χ2v) is 8.12. The number of benzene rings is 2. The van der Waals surface area contributed by atoms with Gasteiger partial charge < -0.3 is 10.6 Å². The predicted molar refractivity (Wildman–Crippen MR) is 110 cm³/mol. The first kappa shape index (κ1) is 18.4. The van der Waals surface area contributed by atoms with Crippen LogP contribution in [-0.4, -0.2) is 21.9 Å². The number of aryl methyl sites for hydroxylation is 3. The van der Waals surface area contributed by atoms with Crippen LogP contribution in [-0.2, 0) is 4.79 Å². The van der Waals surface area contributed by atoms with Crippen LogP contribution < -0.4 is 10.6 Å². The van der Waals surface area contributed by atoms with Gasteiger partial charge in [-0.25, -0.2) is 0 Å². The molecule has 0 aliphatic carbocycles. The van der Waals surface area contributed by atoms with Crippen molar-refractivity contribution in [1.82, 2.24) is 10.2 Å². The first-order chi connectivity index (χ1) is 12.5. The molecule has 0 atom stereocenters. The molecule has 0 aliphatic heterocycles. The summed E-state index contributed by atoms with van der Waals surface area (Å²) >= 11 is 2.83. The number of hydrogen-bond acceptors (Lipinski definition) is 6. The van der Waals surface area contributed by atoms with Gasteiger partial charge in [0.05, 0.1) is 5.75 Å². The van der Waals surface area contributed by atoms with Crippen LogP contribution in [0, 0.1) is 20.8 Å². The summed E-state index contributed by atoms with van der Waals surface area (Å²) in [7, 11) is 0. The molecule has 3 aromatic rings. The molecule has 3 rings (SSSR count). The highest BCUT2D eigenvalue weighted by Gasteiger charge is 2.11. The fourth-order valence-corrected chi connectivity index (χ4v) is 4.03. The maximum Gasteiger partial charge on any atom is 0.234 e. The summed E-state index contributed by atoms with van der Waals surface area (Å²) in [6.07, 6.45) is 0. The molecule has 0 bridgehead atoms. The molecule has 26 heavy (non-hydrogen) atoms. The van der Waals surface area contributed by atoms with E-state index in [0.29, 0.717) is 5.75 Å². The first-order valence-corrected chi connectivity index (χ1v) is 9.98. The standard InChI is InChI=1S/C19H20N4OS2/c1-12-7-4-5-10-15(12)20-18-22-23-19(26-18)25-11-16(24)21-17-13(2)8-6-9-14(17)3/h4-10H,11H2,1-3H3,(H,20,22)(H,21,24). The number of carbonyl (C=O) groups excluding carboxylic acids is 1. The number of nitrogens with one attached hydrogen (secondary N) is 2. The van der Waals surface area contributed by atoms with E-state index in [4.69, 9.17) is 0 Å².